The zero-order valence-corrected chi connectivity index (χ0v) is 44.8. The topological polar surface area (TPSA) is 409 Å². The van der Waals surface area contributed by atoms with Crippen molar-refractivity contribution in [1.29, 1.82) is 0 Å². The van der Waals surface area contributed by atoms with Crippen LogP contribution >= 0.6 is 23.5 Å². The second-order valence-electron chi connectivity index (χ2n) is 18.0. The number of primary amides is 1. The van der Waals surface area contributed by atoms with Crippen molar-refractivity contribution >= 4 is 94.4 Å². The Kier molecular flexibility index (Phi) is 25.6. The smallest absolute Gasteiger partial charge is 0.267 e. The van der Waals surface area contributed by atoms with Crippen molar-refractivity contribution < 1.29 is 62.6 Å². The number of carbonyl (C=O) groups is 12. The number of hydrogen-bond donors (Lipinski definition) is 14. The molecule has 1 saturated heterocycles. The predicted octanol–water partition coefficient (Wildman–Crippen LogP) is -3.68. The van der Waals surface area contributed by atoms with Gasteiger partial charge in [0.2, 0.25) is 65.0 Å². The molecule has 4 rings (SSSR count). The molecule has 2 heterocycles. The summed E-state index contributed by atoms with van der Waals surface area (Å²) in [7, 11) is 0. The van der Waals surface area contributed by atoms with Gasteiger partial charge >= 0.3 is 0 Å². The molecule has 16 N–H and O–H groups in total. The summed E-state index contributed by atoms with van der Waals surface area (Å²) in [5, 5.41) is 39.1. The fraction of sp³-hybridized carbons (Fsp3) is 0.440. The van der Waals surface area contributed by atoms with E-state index in [4.69, 9.17) is 11.5 Å². The lowest BCUT2D eigenvalue weighted by Crippen LogP contribution is -2.61. The lowest BCUT2D eigenvalue weighted by molar-refractivity contribution is -0.135. The molecule has 12 amide bonds. The van der Waals surface area contributed by atoms with E-state index in [1.165, 1.54) is 62.7 Å². The maximum Gasteiger partial charge on any atom is 0.267 e. The highest BCUT2D eigenvalue weighted by Gasteiger charge is 2.36. The first-order valence-corrected chi connectivity index (χ1v) is 27.0. The molecular weight excluding hydrogens is 1050 g/mol. The molecule has 0 aromatic heterocycles. The normalized spacial score (nSPS) is 21.6. The number of hydrogen-bond acceptors (Lipinski definition) is 16. The van der Waals surface area contributed by atoms with E-state index >= 15 is 0 Å². The van der Waals surface area contributed by atoms with Crippen LogP contribution in [0.15, 0.2) is 78.0 Å². The van der Waals surface area contributed by atoms with Gasteiger partial charge in [0.25, 0.3) is 5.91 Å². The van der Waals surface area contributed by atoms with E-state index in [1.54, 1.807) is 30.3 Å². The summed E-state index contributed by atoms with van der Waals surface area (Å²) in [6.07, 6.45) is 2.40. The van der Waals surface area contributed by atoms with Crippen LogP contribution in [0.2, 0.25) is 0 Å². The minimum absolute atomic E-state index is 0.0758. The quantitative estimate of drug-likeness (QED) is 0.0476. The molecule has 2 aliphatic heterocycles. The highest BCUT2D eigenvalue weighted by molar-refractivity contribution is 8.02. The summed E-state index contributed by atoms with van der Waals surface area (Å²) < 4.78 is 0. The summed E-state index contributed by atoms with van der Waals surface area (Å²) in [6.45, 7) is 3.59. The van der Waals surface area contributed by atoms with Gasteiger partial charge in [-0.05, 0) is 68.3 Å². The maximum absolute atomic E-state index is 14.4. The Morgan fingerprint density at radius 2 is 1.33 bits per heavy atom. The van der Waals surface area contributed by atoms with Crippen molar-refractivity contribution in [2.24, 2.45) is 11.5 Å². The van der Waals surface area contributed by atoms with Crippen molar-refractivity contribution in [3.8, 4) is 5.75 Å². The number of benzene rings is 2. The van der Waals surface area contributed by atoms with Gasteiger partial charge < -0.3 is 75.1 Å². The Hall–Kier alpha value is -7.98. The molecule has 78 heavy (non-hydrogen) atoms. The van der Waals surface area contributed by atoms with Crippen LogP contribution in [-0.4, -0.2) is 155 Å². The number of amides is 12. The summed E-state index contributed by atoms with van der Waals surface area (Å²) in [4.78, 5) is 162. The first kappa shape index (κ1) is 62.6. The second kappa shape index (κ2) is 31.9. The zero-order chi connectivity index (χ0) is 57.3. The number of phenolic OH excluding ortho intramolecular Hbond substituents is 1. The van der Waals surface area contributed by atoms with E-state index < -0.39 is 132 Å². The van der Waals surface area contributed by atoms with Gasteiger partial charge in [-0.3, -0.25) is 57.5 Å². The number of nitrogens with two attached hydrogens (primary N) is 2. The predicted molar refractivity (Wildman–Crippen MR) is 287 cm³/mol. The number of carbonyl (C=O) groups excluding carboxylic acids is 12. The van der Waals surface area contributed by atoms with Crippen LogP contribution in [0, 0.1) is 0 Å². The summed E-state index contributed by atoms with van der Waals surface area (Å²) in [5.74, 6) is -11.1. The number of rotatable bonds is 19. The van der Waals surface area contributed by atoms with Gasteiger partial charge in [-0.1, -0.05) is 48.5 Å². The van der Waals surface area contributed by atoms with Gasteiger partial charge in [-0.15, -0.1) is 11.8 Å². The monoisotopic (exact) mass is 1120 g/mol. The van der Waals surface area contributed by atoms with Crippen LogP contribution in [-0.2, 0) is 70.4 Å². The largest absolute Gasteiger partial charge is 0.508 e. The van der Waals surface area contributed by atoms with Gasteiger partial charge in [0.1, 0.15) is 59.8 Å². The Bertz CT molecular complexity index is 2570. The standard InChI is InChI=1S/C50H67N13O13S2/c1-4-32(57-45(71)33(12-8-9-17-51)58-42(68)27(2)55-28(3)64)43(69)54-23-41(67)56-38-26-78-25-37-44(70)53-18-19-77-24-39(50(76)60-35(47(73)62-37)21-30-13-15-31(65)16-14-30)63-48(74)36(22-40(52)66)61-46(72)34(59-49(38)75)20-29-10-6-5-7-11-29/h4-7,10-11,13-16,18-19,27,33-39,65H,8-9,12,17,20-26,51H2,1-3H3,(H2,52,66)(H,53,70)(H,54,69)(H,55,64)(H,56,67)(H,57,71)(H,58,68)(H,59,75)(H,60,76)(H,61,72)(H,62,73)(H,63,74). The van der Waals surface area contributed by atoms with Crippen molar-refractivity contribution in [3.05, 3.63) is 89.1 Å². The Morgan fingerprint density at radius 1 is 0.731 bits per heavy atom. The number of phenols is 1. The van der Waals surface area contributed by atoms with Crippen LogP contribution in [0.25, 0.3) is 0 Å². The average Bonchev–Trinajstić information content (AvgIpc) is 3.40. The first-order chi connectivity index (χ1) is 37.2. The van der Waals surface area contributed by atoms with Crippen molar-refractivity contribution in [3.63, 3.8) is 0 Å². The third-order valence-electron chi connectivity index (χ3n) is 11.7. The molecule has 2 aromatic carbocycles. The number of aromatic hydroxyl groups is 1. The van der Waals surface area contributed by atoms with E-state index in [9.17, 15) is 62.6 Å². The lowest BCUT2D eigenvalue weighted by Gasteiger charge is -2.26. The summed E-state index contributed by atoms with van der Waals surface area (Å²) >= 11 is 1.90. The van der Waals surface area contributed by atoms with Crippen LogP contribution in [0.5, 0.6) is 5.75 Å². The molecule has 28 heteroatoms. The number of thioether (sulfide) groups is 2. The van der Waals surface area contributed by atoms with Crippen LogP contribution in [0.3, 0.4) is 0 Å². The molecule has 8 unspecified atom stereocenters. The minimum Gasteiger partial charge on any atom is -0.508 e. The van der Waals surface area contributed by atoms with Gasteiger partial charge in [0, 0.05) is 43.2 Å². The van der Waals surface area contributed by atoms with E-state index in [0.29, 0.717) is 30.5 Å². The van der Waals surface area contributed by atoms with E-state index in [2.05, 4.69) is 58.5 Å². The highest BCUT2D eigenvalue weighted by atomic mass is 32.2. The Morgan fingerprint density at radius 3 is 1.96 bits per heavy atom. The van der Waals surface area contributed by atoms with Gasteiger partial charge in [0.15, 0.2) is 0 Å². The molecule has 1 fully saturated rings. The molecule has 0 aliphatic carbocycles. The molecule has 0 spiro atoms. The summed E-state index contributed by atoms with van der Waals surface area (Å²) in [6, 6.07) is 2.98. The molecular formula is C50H67N13O13S2. The summed E-state index contributed by atoms with van der Waals surface area (Å²) in [5.41, 5.74) is 11.9. The fourth-order valence-corrected chi connectivity index (χ4v) is 9.37. The van der Waals surface area contributed by atoms with E-state index in [-0.39, 0.29) is 48.0 Å². The molecule has 2 aromatic rings. The number of unbranched alkanes of at least 4 members (excludes halogenated alkanes) is 1. The molecule has 2 bridgehead atoms. The van der Waals surface area contributed by atoms with Crippen molar-refractivity contribution in [2.75, 3.05) is 30.3 Å². The maximum atomic E-state index is 14.4. The van der Waals surface area contributed by atoms with Crippen LogP contribution in [0.1, 0.15) is 57.6 Å². The minimum atomic E-state index is -1.72. The number of allylic oxidation sites excluding steroid dienone is 1. The number of nitrogens with one attached hydrogen (secondary N) is 11. The molecule has 0 radical (unpaired) electrons. The Balaban J connectivity index is 1.67. The molecule has 26 nitrogen and oxygen atoms in total. The number of fused-ring (bicyclic) bond motifs is 6. The van der Waals surface area contributed by atoms with Crippen LogP contribution < -0.4 is 70.0 Å². The van der Waals surface area contributed by atoms with Gasteiger partial charge in [-0.25, -0.2) is 0 Å². The van der Waals surface area contributed by atoms with Gasteiger partial charge in [-0.2, -0.15) is 11.8 Å². The molecule has 0 saturated carbocycles. The molecule has 8 atom stereocenters. The van der Waals surface area contributed by atoms with Gasteiger partial charge in [0.05, 0.1) is 13.0 Å². The third-order valence-corrected chi connectivity index (χ3v) is 13.7. The second-order valence-corrected chi connectivity index (χ2v) is 20.0. The molecule has 422 valence electrons. The molecule has 2 aliphatic rings. The SMILES string of the molecule is CC=C(NC(=O)C(CCCCN)NC(=O)C(C)NC(C)=O)C(=O)NCC(=O)NC1CSCC2NC(=O)C(Cc3ccc(O)cc3)NC(=O)C(CSC=CNC2=O)NC(=O)C(CC(N)=O)NC(=O)C(Cc2ccccc2)NC1=O. The first-order valence-electron chi connectivity index (χ1n) is 24.8. The highest BCUT2D eigenvalue weighted by Crippen LogP contribution is 2.15. The average molecular weight is 1120 g/mol. The van der Waals surface area contributed by atoms with Crippen molar-refractivity contribution in [1.82, 2.24) is 58.5 Å². The van der Waals surface area contributed by atoms with Crippen molar-refractivity contribution in [2.45, 2.75) is 108 Å². The zero-order valence-electron chi connectivity index (χ0n) is 43.1. The lowest BCUT2D eigenvalue weighted by atomic mass is 10.0. The van der Waals surface area contributed by atoms with E-state index in [0.717, 1.165) is 23.5 Å². The Labute approximate surface area is 458 Å². The van der Waals surface area contributed by atoms with Crippen LogP contribution in [0.4, 0.5) is 0 Å². The third kappa shape index (κ3) is 21.2. The van der Waals surface area contributed by atoms with E-state index in [1.807, 2.05) is 0 Å². The fourth-order valence-electron chi connectivity index (χ4n) is 7.59.